The van der Waals surface area contributed by atoms with Crippen molar-refractivity contribution in [1.29, 1.82) is 0 Å². The smallest absolute Gasteiger partial charge is 0.128 e. The van der Waals surface area contributed by atoms with E-state index in [-0.39, 0.29) is 11.9 Å². The van der Waals surface area contributed by atoms with Gasteiger partial charge in [0.05, 0.1) is 0 Å². The molecule has 0 fully saturated rings. The van der Waals surface area contributed by atoms with Crippen LogP contribution in [0.3, 0.4) is 0 Å². The van der Waals surface area contributed by atoms with Crippen LogP contribution in [0.2, 0.25) is 0 Å². The van der Waals surface area contributed by atoms with Crippen LogP contribution in [-0.2, 0) is 0 Å². The fourth-order valence-electron chi connectivity index (χ4n) is 3.07. The lowest BCUT2D eigenvalue weighted by Crippen LogP contribution is -2.20. The van der Waals surface area contributed by atoms with Gasteiger partial charge in [0.1, 0.15) is 5.82 Å². The van der Waals surface area contributed by atoms with Gasteiger partial charge in [-0.25, -0.2) is 4.39 Å². The van der Waals surface area contributed by atoms with Crippen molar-refractivity contribution in [3.05, 3.63) is 46.3 Å². The van der Waals surface area contributed by atoms with Crippen LogP contribution in [0.5, 0.6) is 0 Å². The summed E-state index contributed by atoms with van der Waals surface area (Å²) in [6, 6.07) is 3.80. The number of allylic oxidation sites excluding steroid dienone is 1. The average molecular weight is 261 g/mol. The molecular formula is C17H24FN. The Balaban J connectivity index is 2.24. The van der Waals surface area contributed by atoms with Gasteiger partial charge in [-0.05, 0) is 70.2 Å². The third-order valence-corrected chi connectivity index (χ3v) is 4.03. The first-order valence-corrected chi connectivity index (χ1v) is 7.23. The topological polar surface area (TPSA) is 12.0 Å². The molecule has 1 nitrogen and oxygen atoms in total. The Kier molecular flexibility index (Phi) is 4.76. The van der Waals surface area contributed by atoms with Crippen molar-refractivity contribution in [1.82, 2.24) is 5.32 Å². The van der Waals surface area contributed by atoms with Crippen LogP contribution < -0.4 is 5.32 Å². The summed E-state index contributed by atoms with van der Waals surface area (Å²) >= 11 is 0. The molecule has 2 rings (SSSR count). The van der Waals surface area contributed by atoms with Gasteiger partial charge in [0.2, 0.25) is 0 Å². The van der Waals surface area contributed by atoms with Crippen LogP contribution in [0.25, 0.3) is 0 Å². The van der Waals surface area contributed by atoms with Crippen molar-refractivity contribution in [2.75, 3.05) is 7.05 Å². The summed E-state index contributed by atoms with van der Waals surface area (Å²) < 4.78 is 14.2. The average Bonchev–Trinajstić information content (AvgIpc) is 2.37. The van der Waals surface area contributed by atoms with Crippen molar-refractivity contribution in [3.63, 3.8) is 0 Å². The molecule has 0 aliphatic heterocycles. The van der Waals surface area contributed by atoms with Crippen molar-refractivity contribution in [3.8, 4) is 0 Å². The summed E-state index contributed by atoms with van der Waals surface area (Å²) in [7, 11) is 1.92. The lowest BCUT2D eigenvalue weighted by Gasteiger charge is -2.23. The lowest BCUT2D eigenvalue weighted by molar-refractivity contribution is 0.515. The van der Waals surface area contributed by atoms with Gasteiger partial charge in [-0.15, -0.1) is 0 Å². The Labute approximate surface area is 115 Å². The van der Waals surface area contributed by atoms with E-state index >= 15 is 0 Å². The number of rotatable bonds is 4. The van der Waals surface area contributed by atoms with E-state index < -0.39 is 0 Å². The van der Waals surface area contributed by atoms with Crippen LogP contribution in [0.4, 0.5) is 4.39 Å². The summed E-state index contributed by atoms with van der Waals surface area (Å²) in [5, 5.41) is 3.29. The molecule has 1 N–H and O–H groups in total. The third-order valence-electron chi connectivity index (χ3n) is 4.03. The minimum Gasteiger partial charge on any atom is -0.313 e. The summed E-state index contributed by atoms with van der Waals surface area (Å²) in [6.07, 6.45) is 8.20. The molecule has 1 unspecified atom stereocenters. The minimum atomic E-state index is -0.0757. The summed E-state index contributed by atoms with van der Waals surface area (Å²) in [5.41, 5.74) is 4.35. The zero-order valence-corrected chi connectivity index (χ0v) is 12.2. The molecular weight excluding hydrogens is 237 g/mol. The van der Waals surface area contributed by atoms with Gasteiger partial charge < -0.3 is 5.32 Å². The monoisotopic (exact) mass is 261 g/mol. The fourth-order valence-corrected chi connectivity index (χ4v) is 3.07. The van der Waals surface area contributed by atoms with E-state index in [0.717, 1.165) is 23.1 Å². The zero-order chi connectivity index (χ0) is 13.8. The predicted octanol–water partition coefficient (Wildman–Crippen LogP) is 4.59. The summed E-state index contributed by atoms with van der Waals surface area (Å²) in [4.78, 5) is 0. The van der Waals surface area contributed by atoms with Gasteiger partial charge in [-0.3, -0.25) is 0 Å². The van der Waals surface area contributed by atoms with Crippen LogP contribution >= 0.6 is 0 Å². The molecule has 1 aliphatic rings. The second-order valence-electron chi connectivity index (χ2n) is 5.63. The second-order valence-corrected chi connectivity index (χ2v) is 5.63. The highest BCUT2D eigenvalue weighted by molar-refractivity contribution is 5.35. The van der Waals surface area contributed by atoms with Gasteiger partial charge in [-0.1, -0.05) is 17.7 Å². The Morgan fingerprint density at radius 3 is 2.63 bits per heavy atom. The van der Waals surface area contributed by atoms with Crippen molar-refractivity contribution >= 4 is 0 Å². The maximum atomic E-state index is 14.2. The Morgan fingerprint density at radius 1 is 1.26 bits per heavy atom. The standard InChI is InChI=1S/C17H24FN/c1-12-9-13(2)17(15(18)10-12)16(19-3)11-14-7-5-4-6-8-14/h7,9-10,16,19H,4-6,8,11H2,1-3H3. The molecule has 0 radical (unpaired) electrons. The second kappa shape index (κ2) is 6.33. The molecule has 0 spiro atoms. The van der Waals surface area contributed by atoms with E-state index in [4.69, 9.17) is 0 Å². The van der Waals surface area contributed by atoms with Gasteiger partial charge in [0.25, 0.3) is 0 Å². The lowest BCUT2D eigenvalue weighted by atomic mass is 9.89. The highest BCUT2D eigenvalue weighted by Crippen LogP contribution is 2.30. The van der Waals surface area contributed by atoms with Crippen molar-refractivity contribution in [2.24, 2.45) is 0 Å². The number of hydrogen-bond donors (Lipinski definition) is 1. The predicted molar refractivity (Wildman–Crippen MR) is 78.8 cm³/mol. The van der Waals surface area contributed by atoms with E-state index in [0.29, 0.717) is 0 Å². The maximum absolute atomic E-state index is 14.2. The normalized spacial score (nSPS) is 17.2. The molecule has 1 aromatic carbocycles. The molecule has 1 aromatic rings. The number of benzene rings is 1. The Bertz CT molecular complexity index is 453. The first-order valence-electron chi connectivity index (χ1n) is 7.23. The molecule has 0 saturated carbocycles. The van der Waals surface area contributed by atoms with E-state index in [9.17, 15) is 4.39 Å². The van der Waals surface area contributed by atoms with E-state index in [1.54, 1.807) is 6.07 Å². The third kappa shape index (κ3) is 3.44. The van der Waals surface area contributed by atoms with Gasteiger partial charge in [-0.2, -0.15) is 0 Å². The molecule has 0 amide bonds. The summed E-state index contributed by atoms with van der Waals surface area (Å²) in [5.74, 6) is -0.0757. The molecule has 1 aliphatic carbocycles. The molecule has 0 heterocycles. The van der Waals surface area contributed by atoms with E-state index in [1.165, 1.54) is 31.3 Å². The largest absolute Gasteiger partial charge is 0.313 e. The highest BCUT2D eigenvalue weighted by atomic mass is 19.1. The molecule has 0 saturated heterocycles. The first-order chi connectivity index (χ1) is 9.11. The van der Waals surface area contributed by atoms with Crippen LogP contribution in [0.15, 0.2) is 23.8 Å². The molecule has 19 heavy (non-hydrogen) atoms. The highest BCUT2D eigenvalue weighted by Gasteiger charge is 2.19. The number of hydrogen-bond acceptors (Lipinski definition) is 1. The molecule has 0 bridgehead atoms. The Hall–Kier alpha value is -1.15. The van der Waals surface area contributed by atoms with E-state index in [2.05, 4.69) is 17.5 Å². The quantitative estimate of drug-likeness (QED) is 0.781. The van der Waals surface area contributed by atoms with Crippen molar-refractivity contribution < 1.29 is 4.39 Å². The van der Waals surface area contributed by atoms with Crippen molar-refractivity contribution in [2.45, 2.75) is 52.0 Å². The minimum absolute atomic E-state index is 0.0757. The number of aryl methyl sites for hydroxylation is 2. The maximum Gasteiger partial charge on any atom is 0.128 e. The zero-order valence-electron chi connectivity index (χ0n) is 12.2. The Morgan fingerprint density at radius 2 is 2.05 bits per heavy atom. The van der Waals surface area contributed by atoms with Crippen LogP contribution in [0.1, 0.15) is 54.8 Å². The molecule has 2 heteroatoms. The van der Waals surface area contributed by atoms with Crippen LogP contribution in [-0.4, -0.2) is 7.05 Å². The molecule has 0 aromatic heterocycles. The summed E-state index contributed by atoms with van der Waals surface area (Å²) in [6.45, 7) is 3.95. The first kappa shape index (κ1) is 14.3. The van der Waals surface area contributed by atoms with Gasteiger partial charge in [0, 0.05) is 11.6 Å². The number of nitrogens with one attached hydrogen (secondary N) is 1. The SMILES string of the molecule is CNC(CC1=CCCCC1)c1c(C)cc(C)cc1F. The molecule has 1 atom stereocenters. The van der Waals surface area contributed by atoms with Crippen LogP contribution in [0, 0.1) is 19.7 Å². The fraction of sp³-hybridized carbons (Fsp3) is 0.529. The molecule has 104 valence electrons. The van der Waals surface area contributed by atoms with Gasteiger partial charge >= 0.3 is 0 Å². The van der Waals surface area contributed by atoms with E-state index in [1.807, 2.05) is 20.9 Å². The number of halogens is 1. The van der Waals surface area contributed by atoms with Gasteiger partial charge in [0.15, 0.2) is 0 Å².